The van der Waals surface area contributed by atoms with E-state index >= 15 is 0 Å². The Labute approximate surface area is 64.2 Å². The van der Waals surface area contributed by atoms with Crippen molar-refractivity contribution in [1.82, 2.24) is 4.98 Å². The number of fused-ring (bicyclic) bond motifs is 1. The molecule has 0 spiro atoms. The second-order valence-electron chi connectivity index (χ2n) is 2.13. The zero-order chi connectivity index (χ0) is 6.81. The summed E-state index contributed by atoms with van der Waals surface area (Å²) in [5.41, 5.74) is 1.30. The van der Waals surface area contributed by atoms with Gasteiger partial charge in [0.15, 0.2) is 0 Å². The molecule has 0 fully saturated rings. The van der Waals surface area contributed by atoms with Crippen LogP contribution in [0.4, 0.5) is 0 Å². The molecule has 2 heterocycles. The van der Waals surface area contributed by atoms with Crippen LogP contribution in [0, 0.1) is 0 Å². The van der Waals surface area contributed by atoms with Gasteiger partial charge in [0, 0.05) is 23.0 Å². The summed E-state index contributed by atoms with van der Waals surface area (Å²) in [5.74, 6) is 1.08. The maximum absolute atomic E-state index is 4.04. The molecule has 0 aliphatic carbocycles. The molecule has 50 valence electrons. The Balaban J connectivity index is 2.54. The van der Waals surface area contributed by atoms with E-state index in [9.17, 15) is 0 Å². The highest BCUT2D eigenvalue weighted by atomic mass is 32.2. The minimum absolute atomic E-state index is 1.08. The summed E-state index contributed by atoms with van der Waals surface area (Å²) in [6.07, 6.45) is 8.07. The highest BCUT2D eigenvalue weighted by Crippen LogP contribution is 2.26. The lowest BCUT2D eigenvalue weighted by Crippen LogP contribution is -1.86. The van der Waals surface area contributed by atoms with E-state index < -0.39 is 0 Å². The van der Waals surface area contributed by atoms with Crippen LogP contribution in [0.1, 0.15) is 5.56 Å². The molecule has 1 aromatic rings. The Morgan fingerprint density at radius 1 is 1.50 bits per heavy atom. The van der Waals surface area contributed by atoms with Crippen LogP contribution in [0.15, 0.2) is 29.4 Å². The first-order chi connectivity index (χ1) is 4.97. The van der Waals surface area contributed by atoms with E-state index in [1.165, 1.54) is 10.5 Å². The topological polar surface area (TPSA) is 12.9 Å². The van der Waals surface area contributed by atoms with Crippen LogP contribution in [0.5, 0.6) is 0 Å². The summed E-state index contributed by atoms with van der Waals surface area (Å²) in [6, 6.07) is 2.04. The number of aromatic nitrogens is 1. The highest BCUT2D eigenvalue weighted by molar-refractivity contribution is 7.99. The summed E-state index contributed by atoms with van der Waals surface area (Å²) in [6.45, 7) is 0. The van der Waals surface area contributed by atoms with E-state index in [0.29, 0.717) is 0 Å². The van der Waals surface area contributed by atoms with Gasteiger partial charge in [-0.25, -0.2) is 0 Å². The molecule has 0 atom stereocenters. The van der Waals surface area contributed by atoms with Gasteiger partial charge in [-0.05, 0) is 11.6 Å². The lowest BCUT2D eigenvalue weighted by Gasteiger charge is -2.06. The monoisotopic (exact) mass is 149 g/mol. The van der Waals surface area contributed by atoms with Gasteiger partial charge in [-0.1, -0.05) is 12.2 Å². The number of hydrogen-bond donors (Lipinski definition) is 0. The van der Waals surface area contributed by atoms with E-state index in [4.69, 9.17) is 0 Å². The Bertz CT molecular complexity index is 268. The highest BCUT2D eigenvalue weighted by Gasteiger charge is 2.01. The van der Waals surface area contributed by atoms with Crippen molar-refractivity contribution in [3.63, 3.8) is 0 Å². The largest absolute Gasteiger partial charge is 0.264 e. The van der Waals surface area contributed by atoms with Crippen LogP contribution in [-0.2, 0) is 0 Å². The zero-order valence-corrected chi connectivity index (χ0v) is 6.27. The second kappa shape index (κ2) is 2.46. The number of thioether (sulfide) groups is 1. The molecule has 1 aliphatic heterocycles. The summed E-state index contributed by atoms with van der Waals surface area (Å²) in [7, 11) is 0. The van der Waals surface area contributed by atoms with Crippen LogP contribution < -0.4 is 0 Å². The van der Waals surface area contributed by atoms with Crippen LogP contribution in [0.3, 0.4) is 0 Å². The van der Waals surface area contributed by atoms with Crippen molar-refractivity contribution in [2.75, 3.05) is 5.75 Å². The fraction of sp³-hybridized carbons (Fsp3) is 0.125. The van der Waals surface area contributed by atoms with Crippen molar-refractivity contribution >= 4 is 17.8 Å². The van der Waals surface area contributed by atoms with Gasteiger partial charge >= 0.3 is 0 Å². The SMILES string of the molecule is C1=Cc2ccncc2SC1. The van der Waals surface area contributed by atoms with Crippen LogP contribution >= 0.6 is 11.8 Å². The first kappa shape index (κ1) is 5.98. The number of pyridine rings is 1. The summed E-state index contributed by atoms with van der Waals surface area (Å²) < 4.78 is 0. The second-order valence-corrected chi connectivity index (χ2v) is 3.19. The van der Waals surface area contributed by atoms with E-state index in [1.807, 2.05) is 30.2 Å². The van der Waals surface area contributed by atoms with E-state index in [2.05, 4.69) is 17.1 Å². The predicted octanol–water partition coefficient (Wildman–Crippen LogP) is 2.20. The lowest BCUT2D eigenvalue weighted by molar-refractivity contribution is 1.22. The molecule has 0 bridgehead atoms. The molecule has 2 heteroatoms. The number of rotatable bonds is 0. The molecule has 1 aliphatic rings. The van der Waals surface area contributed by atoms with E-state index in [1.54, 1.807) is 0 Å². The molecule has 0 radical (unpaired) electrons. The van der Waals surface area contributed by atoms with Gasteiger partial charge in [0.25, 0.3) is 0 Å². The van der Waals surface area contributed by atoms with Crippen molar-refractivity contribution in [2.24, 2.45) is 0 Å². The average Bonchev–Trinajstić information content (AvgIpc) is 2.05. The van der Waals surface area contributed by atoms with Gasteiger partial charge in [-0.2, -0.15) is 0 Å². The molecular formula is C8H7NS. The van der Waals surface area contributed by atoms with Crippen LogP contribution in [-0.4, -0.2) is 10.7 Å². The number of nitrogens with zero attached hydrogens (tertiary/aromatic N) is 1. The van der Waals surface area contributed by atoms with Gasteiger partial charge in [-0.15, -0.1) is 11.8 Å². The molecule has 0 aromatic carbocycles. The zero-order valence-electron chi connectivity index (χ0n) is 5.45. The van der Waals surface area contributed by atoms with Crippen LogP contribution in [0.2, 0.25) is 0 Å². The minimum atomic E-state index is 1.08. The molecule has 1 aromatic heterocycles. The molecule has 10 heavy (non-hydrogen) atoms. The molecule has 0 amide bonds. The summed E-state index contributed by atoms with van der Waals surface area (Å²) >= 11 is 1.84. The maximum Gasteiger partial charge on any atom is 0.0410 e. The third-order valence-electron chi connectivity index (χ3n) is 1.45. The van der Waals surface area contributed by atoms with Crippen molar-refractivity contribution in [3.05, 3.63) is 30.1 Å². The molecular weight excluding hydrogens is 142 g/mol. The molecule has 2 rings (SSSR count). The van der Waals surface area contributed by atoms with Gasteiger partial charge in [0.2, 0.25) is 0 Å². The molecule has 0 saturated carbocycles. The van der Waals surface area contributed by atoms with Crippen molar-refractivity contribution in [1.29, 1.82) is 0 Å². The molecule has 0 saturated heterocycles. The fourth-order valence-electron chi connectivity index (χ4n) is 0.962. The smallest absolute Gasteiger partial charge is 0.0410 e. The summed E-state index contributed by atoms with van der Waals surface area (Å²) in [4.78, 5) is 5.34. The normalized spacial score (nSPS) is 14.8. The Kier molecular flexibility index (Phi) is 1.47. The summed E-state index contributed by atoms with van der Waals surface area (Å²) in [5, 5.41) is 0. The Morgan fingerprint density at radius 2 is 2.50 bits per heavy atom. The quantitative estimate of drug-likeness (QED) is 0.561. The van der Waals surface area contributed by atoms with Gasteiger partial charge in [0.1, 0.15) is 0 Å². The minimum Gasteiger partial charge on any atom is -0.264 e. The third-order valence-corrected chi connectivity index (χ3v) is 2.46. The van der Waals surface area contributed by atoms with E-state index in [0.717, 1.165) is 5.75 Å². The first-order valence-corrected chi connectivity index (χ1v) is 4.19. The van der Waals surface area contributed by atoms with Crippen molar-refractivity contribution in [2.45, 2.75) is 4.90 Å². The standard InChI is InChI=1S/C8H7NS/c1-2-7-3-4-9-6-8(7)10-5-1/h1-4,6H,5H2. The van der Waals surface area contributed by atoms with Gasteiger partial charge in [0.05, 0.1) is 0 Å². The molecule has 1 nitrogen and oxygen atoms in total. The fourth-order valence-corrected chi connectivity index (χ4v) is 1.77. The van der Waals surface area contributed by atoms with Crippen molar-refractivity contribution < 1.29 is 0 Å². The third kappa shape index (κ3) is 0.948. The molecule has 0 N–H and O–H groups in total. The van der Waals surface area contributed by atoms with Gasteiger partial charge in [-0.3, -0.25) is 4.98 Å². The van der Waals surface area contributed by atoms with E-state index in [-0.39, 0.29) is 0 Å². The first-order valence-electron chi connectivity index (χ1n) is 3.20. The van der Waals surface area contributed by atoms with Crippen molar-refractivity contribution in [3.8, 4) is 0 Å². The lowest BCUT2D eigenvalue weighted by atomic mass is 10.2. The Morgan fingerprint density at radius 3 is 3.40 bits per heavy atom. The Hall–Kier alpha value is -0.760. The van der Waals surface area contributed by atoms with Crippen LogP contribution in [0.25, 0.3) is 6.08 Å². The molecule has 0 unspecified atom stereocenters. The van der Waals surface area contributed by atoms with Gasteiger partial charge < -0.3 is 0 Å². The maximum atomic E-state index is 4.04. The average molecular weight is 149 g/mol. The number of hydrogen-bond acceptors (Lipinski definition) is 2. The predicted molar refractivity (Wildman–Crippen MR) is 44.0 cm³/mol.